The molecule has 0 fully saturated rings. The minimum Gasteiger partial charge on any atom is -0.355 e. The lowest BCUT2D eigenvalue weighted by atomic mass is 9.87. The van der Waals surface area contributed by atoms with E-state index < -0.39 is 0 Å². The molecule has 1 N–H and O–H groups in total. The standard InChI is InChI=1S/C22H28N4OS2/c1-5-26-20(16-8-10-17(11-9-16)22(2,3)4)24-25-21(26)29-15-19(27)23-13-12-18-7-6-14-28-18/h6-11,14H,5,12-13,15H2,1-4H3,(H,23,27). The molecule has 3 aromatic rings. The lowest BCUT2D eigenvalue weighted by Gasteiger charge is -2.19. The summed E-state index contributed by atoms with van der Waals surface area (Å²) in [6, 6.07) is 12.6. The molecule has 154 valence electrons. The third-order valence-corrected chi connectivity index (χ3v) is 6.55. The van der Waals surface area contributed by atoms with E-state index in [1.54, 1.807) is 11.3 Å². The van der Waals surface area contributed by atoms with Crippen molar-refractivity contribution < 1.29 is 4.79 Å². The van der Waals surface area contributed by atoms with Gasteiger partial charge in [0.2, 0.25) is 5.91 Å². The molecular weight excluding hydrogens is 400 g/mol. The Bertz CT molecular complexity index is 925. The second kappa shape index (κ2) is 9.59. The summed E-state index contributed by atoms with van der Waals surface area (Å²) in [5, 5.41) is 14.5. The number of carbonyl (C=O) groups is 1. The lowest BCUT2D eigenvalue weighted by molar-refractivity contribution is -0.118. The molecular formula is C22H28N4OS2. The maximum absolute atomic E-state index is 12.2. The number of carbonyl (C=O) groups excluding carboxylic acids is 1. The van der Waals surface area contributed by atoms with E-state index in [2.05, 4.69) is 83.5 Å². The van der Waals surface area contributed by atoms with Gasteiger partial charge in [-0.05, 0) is 35.8 Å². The number of benzene rings is 1. The number of aromatic nitrogens is 3. The van der Waals surface area contributed by atoms with Crippen LogP contribution in [0.2, 0.25) is 0 Å². The summed E-state index contributed by atoms with van der Waals surface area (Å²) in [6.45, 7) is 10.1. The molecule has 2 heterocycles. The summed E-state index contributed by atoms with van der Waals surface area (Å²) in [5.74, 6) is 1.20. The summed E-state index contributed by atoms with van der Waals surface area (Å²) in [4.78, 5) is 13.4. The molecule has 2 aromatic heterocycles. The average Bonchev–Trinajstić information content (AvgIpc) is 3.35. The number of thiophene rings is 1. The van der Waals surface area contributed by atoms with Crippen LogP contribution in [0.25, 0.3) is 11.4 Å². The van der Waals surface area contributed by atoms with Gasteiger partial charge in [-0.1, -0.05) is 62.9 Å². The minimum absolute atomic E-state index is 0.0216. The van der Waals surface area contributed by atoms with Crippen molar-refractivity contribution >= 4 is 29.0 Å². The fraction of sp³-hybridized carbons (Fsp3) is 0.409. The van der Waals surface area contributed by atoms with Gasteiger partial charge in [0.05, 0.1) is 5.75 Å². The van der Waals surface area contributed by atoms with Crippen LogP contribution in [0.4, 0.5) is 0 Å². The van der Waals surface area contributed by atoms with Crippen LogP contribution in [0.3, 0.4) is 0 Å². The highest BCUT2D eigenvalue weighted by atomic mass is 32.2. The SMILES string of the molecule is CCn1c(SCC(=O)NCCc2cccs2)nnc1-c1ccc(C(C)(C)C)cc1. The molecule has 1 amide bonds. The van der Waals surface area contributed by atoms with E-state index in [1.807, 2.05) is 6.07 Å². The maximum Gasteiger partial charge on any atom is 0.230 e. The van der Waals surface area contributed by atoms with Gasteiger partial charge in [0.1, 0.15) is 0 Å². The van der Waals surface area contributed by atoms with Gasteiger partial charge in [-0.25, -0.2) is 0 Å². The van der Waals surface area contributed by atoms with Gasteiger partial charge in [-0.3, -0.25) is 4.79 Å². The zero-order valence-corrected chi connectivity index (χ0v) is 19.1. The Labute approximate surface area is 180 Å². The Morgan fingerprint density at radius 2 is 1.93 bits per heavy atom. The largest absolute Gasteiger partial charge is 0.355 e. The van der Waals surface area contributed by atoms with Crippen molar-refractivity contribution in [3.63, 3.8) is 0 Å². The minimum atomic E-state index is 0.0216. The van der Waals surface area contributed by atoms with Crippen molar-refractivity contribution in [3.8, 4) is 11.4 Å². The van der Waals surface area contributed by atoms with Crippen LogP contribution in [-0.4, -0.2) is 33.0 Å². The van der Waals surface area contributed by atoms with E-state index in [0.717, 1.165) is 29.5 Å². The molecule has 0 bridgehead atoms. The van der Waals surface area contributed by atoms with Crippen molar-refractivity contribution in [1.82, 2.24) is 20.1 Å². The fourth-order valence-electron chi connectivity index (χ4n) is 2.97. The quantitative estimate of drug-likeness (QED) is 0.525. The van der Waals surface area contributed by atoms with Crippen molar-refractivity contribution in [3.05, 3.63) is 52.2 Å². The highest BCUT2D eigenvalue weighted by Crippen LogP contribution is 2.27. The van der Waals surface area contributed by atoms with E-state index >= 15 is 0 Å². The molecule has 3 rings (SSSR count). The summed E-state index contributed by atoms with van der Waals surface area (Å²) >= 11 is 3.14. The summed E-state index contributed by atoms with van der Waals surface area (Å²) < 4.78 is 2.07. The number of rotatable bonds is 8. The second-order valence-corrected chi connectivity index (χ2v) is 9.82. The van der Waals surface area contributed by atoms with E-state index in [1.165, 1.54) is 22.2 Å². The number of nitrogens with zero attached hydrogens (tertiary/aromatic N) is 3. The molecule has 0 saturated carbocycles. The van der Waals surface area contributed by atoms with Gasteiger partial charge in [0, 0.05) is 23.5 Å². The number of hydrogen-bond donors (Lipinski definition) is 1. The highest BCUT2D eigenvalue weighted by Gasteiger charge is 2.17. The van der Waals surface area contributed by atoms with Gasteiger partial charge in [-0.15, -0.1) is 21.5 Å². The first-order valence-electron chi connectivity index (χ1n) is 9.84. The van der Waals surface area contributed by atoms with Crippen molar-refractivity contribution in [2.75, 3.05) is 12.3 Å². The number of nitrogens with one attached hydrogen (secondary N) is 1. The molecule has 0 radical (unpaired) electrons. The number of thioether (sulfide) groups is 1. The van der Waals surface area contributed by atoms with E-state index in [-0.39, 0.29) is 11.3 Å². The van der Waals surface area contributed by atoms with Crippen molar-refractivity contribution in [1.29, 1.82) is 0 Å². The average molecular weight is 429 g/mol. The lowest BCUT2D eigenvalue weighted by Crippen LogP contribution is -2.27. The summed E-state index contributed by atoms with van der Waals surface area (Å²) in [5.41, 5.74) is 2.45. The third kappa shape index (κ3) is 5.70. The summed E-state index contributed by atoms with van der Waals surface area (Å²) in [7, 11) is 0. The number of amides is 1. The van der Waals surface area contributed by atoms with Crippen LogP contribution in [0.5, 0.6) is 0 Å². The highest BCUT2D eigenvalue weighted by molar-refractivity contribution is 7.99. The topological polar surface area (TPSA) is 59.8 Å². The second-order valence-electron chi connectivity index (χ2n) is 7.85. The van der Waals surface area contributed by atoms with Gasteiger partial charge >= 0.3 is 0 Å². The molecule has 0 aliphatic carbocycles. The van der Waals surface area contributed by atoms with Crippen LogP contribution < -0.4 is 5.32 Å². The van der Waals surface area contributed by atoms with E-state index in [9.17, 15) is 4.79 Å². The first-order chi connectivity index (χ1) is 13.9. The zero-order valence-electron chi connectivity index (χ0n) is 17.4. The molecule has 5 nitrogen and oxygen atoms in total. The van der Waals surface area contributed by atoms with Crippen molar-refractivity contribution in [2.45, 2.75) is 51.2 Å². The normalized spacial score (nSPS) is 11.6. The predicted molar refractivity (Wildman–Crippen MR) is 122 cm³/mol. The van der Waals surface area contributed by atoms with Crippen LogP contribution >= 0.6 is 23.1 Å². The van der Waals surface area contributed by atoms with Gasteiger partial charge in [0.15, 0.2) is 11.0 Å². The molecule has 0 atom stereocenters. The molecule has 0 saturated heterocycles. The van der Waals surface area contributed by atoms with Crippen molar-refractivity contribution in [2.24, 2.45) is 0 Å². The van der Waals surface area contributed by atoms with Crippen LogP contribution in [0, 0.1) is 0 Å². The zero-order chi connectivity index (χ0) is 20.9. The van der Waals surface area contributed by atoms with Gasteiger partial charge in [0.25, 0.3) is 0 Å². The monoisotopic (exact) mass is 428 g/mol. The van der Waals surface area contributed by atoms with E-state index in [4.69, 9.17) is 0 Å². The first kappa shape index (κ1) is 21.6. The molecule has 0 unspecified atom stereocenters. The maximum atomic E-state index is 12.2. The Morgan fingerprint density at radius 1 is 1.17 bits per heavy atom. The first-order valence-corrected chi connectivity index (χ1v) is 11.7. The third-order valence-electron chi connectivity index (χ3n) is 4.65. The number of hydrogen-bond acceptors (Lipinski definition) is 5. The molecule has 0 aliphatic rings. The van der Waals surface area contributed by atoms with Gasteiger partial charge < -0.3 is 9.88 Å². The Balaban J connectivity index is 1.59. The van der Waals surface area contributed by atoms with E-state index in [0.29, 0.717) is 12.3 Å². The van der Waals surface area contributed by atoms with Crippen LogP contribution in [0.15, 0.2) is 46.9 Å². The predicted octanol–water partition coefficient (Wildman–Crippen LogP) is 4.78. The van der Waals surface area contributed by atoms with Crippen LogP contribution in [-0.2, 0) is 23.2 Å². The van der Waals surface area contributed by atoms with Gasteiger partial charge in [-0.2, -0.15) is 0 Å². The Hall–Kier alpha value is -2.12. The van der Waals surface area contributed by atoms with Crippen LogP contribution in [0.1, 0.15) is 38.1 Å². The smallest absolute Gasteiger partial charge is 0.230 e. The molecule has 29 heavy (non-hydrogen) atoms. The summed E-state index contributed by atoms with van der Waals surface area (Å²) in [6.07, 6.45) is 0.869. The molecule has 0 spiro atoms. The molecule has 1 aromatic carbocycles. The fourth-order valence-corrected chi connectivity index (χ4v) is 4.52. The Kier molecular flexibility index (Phi) is 7.14. The Morgan fingerprint density at radius 3 is 2.55 bits per heavy atom. The molecule has 0 aliphatic heterocycles. The molecule has 7 heteroatoms.